The summed E-state index contributed by atoms with van der Waals surface area (Å²) in [7, 11) is -1.00. The van der Waals surface area contributed by atoms with E-state index in [0.717, 1.165) is 5.56 Å². The Balaban J connectivity index is 2.80. The topological polar surface area (TPSA) is 43.1 Å². The van der Waals surface area contributed by atoms with Gasteiger partial charge in [-0.15, -0.1) is 0 Å². The average Bonchev–Trinajstić information content (AvgIpc) is 2.22. The van der Waals surface area contributed by atoms with Crippen LogP contribution in [-0.4, -0.2) is 16.0 Å². The number of rotatable bonds is 4. The van der Waals surface area contributed by atoms with E-state index in [0.29, 0.717) is 22.3 Å². The van der Waals surface area contributed by atoms with Crippen LogP contribution >= 0.6 is 23.2 Å². The third kappa shape index (κ3) is 3.76. The van der Waals surface area contributed by atoms with Gasteiger partial charge >= 0.3 is 0 Å². The fourth-order valence-electron chi connectivity index (χ4n) is 1.06. The zero-order valence-corrected chi connectivity index (χ0v) is 10.7. The summed E-state index contributed by atoms with van der Waals surface area (Å²) in [5, 5.41) is 1.17. The maximum absolute atomic E-state index is 11.7. The first-order valence-corrected chi connectivity index (χ1v) is 6.69. The standard InChI is InChI=1S/C10H13Cl2NOS/c1-7(5-13)15(14)6-8-4-9(11)2-3-10(8)12/h2-4,7H,5-6,13H2,1H3. The Morgan fingerprint density at radius 1 is 1.47 bits per heavy atom. The largest absolute Gasteiger partial charge is 0.329 e. The molecule has 2 unspecified atom stereocenters. The van der Waals surface area contributed by atoms with Gasteiger partial charge in [0.15, 0.2) is 0 Å². The van der Waals surface area contributed by atoms with Crippen LogP contribution in [0.5, 0.6) is 0 Å². The van der Waals surface area contributed by atoms with Crippen molar-refractivity contribution in [3.63, 3.8) is 0 Å². The highest BCUT2D eigenvalue weighted by atomic mass is 35.5. The van der Waals surface area contributed by atoms with Gasteiger partial charge in [-0.25, -0.2) is 0 Å². The van der Waals surface area contributed by atoms with Crippen molar-refractivity contribution < 1.29 is 4.21 Å². The Morgan fingerprint density at radius 3 is 2.73 bits per heavy atom. The van der Waals surface area contributed by atoms with Gasteiger partial charge in [-0.2, -0.15) is 0 Å². The fraction of sp³-hybridized carbons (Fsp3) is 0.400. The summed E-state index contributed by atoms with van der Waals surface area (Å²) in [5.41, 5.74) is 6.25. The summed E-state index contributed by atoms with van der Waals surface area (Å²) in [6.45, 7) is 2.26. The monoisotopic (exact) mass is 265 g/mol. The van der Waals surface area contributed by atoms with Gasteiger partial charge in [-0.3, -0.25) is 4.21 Å². The summed E-state index contributed by atoms with van der Waals surface area (Å²) in [5.74, 6) is 0.401. The second kappa shape index (κ2) is 5.85. The minimum absolute atomic E-state index is 0.0277. The smallest absolute Gasteiger partial charge is 0.0504 e. The van der Waals surface area contributed by atoms with Crippen molar-refractivity contribution in [3.05, 3.63) is 33.8 Å². The summed E-state index contributed by atoms with van der Waals surface area (Å²) in [6.07, 6.45) is 0. The fourth-order valence-corrected chi connectivity index (χ4v) is 2.56. The van der Waals surface area contributed by atoms with Gasteiger partial charge in [0.05, 0.1) is 5.75 Å². The lowest BCUT2D eigenvalue weighted by atomic mass is 10.2. The molecule has 0 saturated carbocycles. The molecule has 2 nitrogen and oxygen atoms in total. The van der Waals surface area contributed by atoms with Crippen molar-refractivity contribution in [2.24, 2.45) is 5.73 Å². The van der Waals surface area contributed by atoms with E-state index < -0.39 is 10.8 Å². The molecule has 0 aliphatic rings. The quantitative estimate of drug-likeness (QED) is 0.910. The van der Waals surface area contributed by atoms with Gasteiger partial charge in [0, 0.05) is 32.6 Å². The van der Waals surface area contributed by atoms with Crippen molar-refractivity contribution in [3.8, 4) is 0 Å². The van der Waals surface area contributed by atoms with Gasteiger partial charge in [0.1, 0.15) is 0 Å². The van der Waals surface area contributed by atoms with Gasteiger partial charge in [-0.05, 0) is 30.7 Å². The second-order valence-corrected chi connectivity index (χ2v) is 6.01. The van der Waals surface area contributed by atoms with Crippen LogP contribution < -0.4 is 5.73 Å². The number of nitrogens with two attached hydrogens (primary N) is 1. The molecule has 1 aromatic rings. The summed E-state index contributed by atoms with van der Waals surface area (Å²) >= 11 is 11.8. The van der Waals surface area contributed by atoms with Crippen LogP contribution in [0.15, 0.2) is 18.2 Å². The predicted octanol–water partition coefficient (Wildman–Crippen LogP) is 2.59. The van der Waals surface area contributed by atoms with Crippen LogP contribution in [0.3, 0.4) is 0 Å². The predicted molar refractivity (Wildman–Crippen MR) is 66.8 cm³/mol. The zero-order valence-electron chi connectivity index (χ0n) is 8.37. The molecule has 2 N–H and O–H groups in total. The van der Waals surface area contributed by atoms with Crippen LogP contribution in [0, 0.1) is 0 Å². The Morgan fingerprint density at radius 2 is 2.13 bits per heavy atom. The molecule has 15 heavy (non-hydrogen) atoms. The van der Waals surface area contributed by atoms with E-state index in [1.54, 1.807) is 18.2 Å². The van der Waals surface area contributed by atoms with E-state index >= 15 is 0 Å². The molecule has 0 aromatic heterocycles. The Kier molecular flexibility index (Phi) is 5.06. The zero-order chi connectivity index (χ0) is 11.4. The van der Waals surface area contributed by atoms with Crippen LogP contribution in [0.2, 0.25) is 10.0 Å². The Hall–Kier alpha value is -0.0900. The summed E-state index contributed by atoms with van der Waals surface area (Å²) in [6, 6.07) is 5.16. The second-order valence-electron chi connectivity index (χ2n) is 3.31. The van der Waals surface area contributed by atoms with Crippen LogP contribution in [0.25, 0.3) is 0 Å². The van der Waals surface area contributed by atoms with Crippen molar-refractivity contribution in [1.82, 2.24) is 0 Å². The maximum Gasteiger partial charge on any atom is 0.0504 e. The van der Waals surface area contributed by atoms with Crippen LogP contribution in [-0.2, 0) is 16.6 Å². The molecule has 0 amide bonds. The molecule has 0 bridgehead atoms. The van der Waals surface area contributed by atoms with Gasteiger partial charge in [0.2, 0.25) is 0 Å². The number of hydrogen-bond donors (Lipinski definition) is 1. The molecule has 2 atom stereocenters. The maximum atomic E-state index is 11.7. The lowest BCUT2D eigenvalue weighted by molar-refractivity contribution is 0.672. The highest BCUT2D eigenvalue weighted by Crippen LogP contribution is 2.22. The molecule has 0 aliphatic carbocycles. The number of benzene rings is 1. The van der Waals surface area contributed by atoms with Gasteiger partial charge in [0.25, 0.3) is 0 Å². The van der Waals surface area contributed by atoms with Crippen molar-refractivity contribution in [1.29, 1.82) is 0 Å². The molecule has 0 fully saturated rings. The molecule has 84 valence electrons. The molecule has 0 aliphatic heterocycles. The van der Waals surface area contributed by atoms with Gasteiger partial charge in [-0.1, -0.05) is 23.2 Å². The number of hydrogen-bond acceptors (Lipinski definition) is 2. The van der Waals surface area contributed by atoms with Gasteiger partial charge < -0.3 is 5.73 Å². The van der Waals surface area contributed by atoms with Crippen molar-refractivity contribution >= 4 is 34.0 Å². The first kappa shape index (κ1) is 13.0. The van der Waals surface area contributed by atoms with Crippen LogP contribution in [0.4, 0.5) is 0 Å². The highest BCUT2D eigenvalue weighted by Gasteiger charge is 2.11. The molecule has 5 heteroatoms. The van der Waals surface area contributed by atoms with E-state index in [9.17, 15) is 4.21 Å². The molecule has 0 heterocycles. The lowest BCUT2D eigenvalue weighted by Crippen LogP contribution is -2.22. The first-order valence-electron chi connectivity index (χ1n) is 4.55. The normalized spacial score (nSPS) is 14.9. The third-order valence-electron chi connectivity index (χ3n) is 2.09. The van der Waals surface area contributed by atoms with E-state index in [1.807, 2.05) is 6.92 Å². The van der Waals surface area contributed by atoms with Crippen molar-refractivity contribution in [2.75, 3.05) is 6.54 Å². The van der Waals surface area contributed by atoms with E-state index in [1.165, 1.54) is 0 Å². The van der Waals surface area contributed by atoms with E-state index in [-0.39, 0.29) is 5.25 Å². The highest BCUT2D eigenvalue weighted by molar-refractivity contribution is 7.84. The number of halogens is 2. The molecular weight excluding hydrogens is 253 g/mol. The molecule has 0 spiro atoms. The minimum atomic E-state index is -1.00. The van der Waals surface area contributed by atoms with E-state index in [4.69, 9.17) is 28.9 Å². The van der Waals surface area contributed by atoms with E-state index in [2.05, 4.69) is 0 Å². The summed E-state index contributed by atoms with van der Waals surface area (Å²) < 4.78 is 11.7. The summed E-state index contributed by atoms with van der Waals surface area (Å²) in [4.78, 5) is 0. The molecule has 0 radical (unpaired) electrons. The Bertz CT molecular complexity index is 370. The SMILES string of the molecule is CC(CN)S(=O)Cc1cc(Cl)ccc1Cl. The Labute approximate surface area is 102 Å². The lowest BCUT2D eigenvalue weighted by Gasteiger charge is -2.09. The first-order chi connectivity index (χ1) is 7.04. The molecular formula is C10H13Cl2NOS. The minimum Gasteiger partial charge on any atom is -0.329 e. The average molecular weight is 266 g/mol. The molecule has 1 aromatic carbocycles. The van der Waals surface area contributed by atoms with Crippen LogP contribution in [0.1, 0.15) is 12.5 Å². The molecule has 1 rings (SSSR count). The third-order valence-corrected chi connectivity index (χ3v) is 4.38. The van der Waals surface area contributed by atoms with Crippen molar-refractivity contribution in [2.45, 2.75) is 17.9 Å². The molecule has 0 saturated heterocycles.